The zero-order valence-corrected chi connectivity index (χ0v) is 15.4. The van der Waals surface area contributed by atoms with Crippen LogP contribution in [0.1, 0.15) is 60.6 Å². The van der Waals surface area contributed by atoms with Gasteiger partial charge >= 0.3 is 0 Å². The van der Waals surface area contributed by atoms with Crippen LogP contribution in [0, 0.1) is 0 Å². The van der Waals surface area contributed by atoms with E-state index >= 15 is 0 Å². The second-order valence-corrected chi connectivity index (χ2v) is 6.87. The molecule has 1 aromatic carbocycles. The molecule has 1 saturated carbocycles. The Morgan fingerprint density at radius 1 is 1.35 bits per heavy atom. The monoisotopic (exact) mass is 356 g/mol. The quantitative estimate of drug-likeness (QED) is 0.589. The third kappa shape index (κ3) is 4.25. The Balaban J connectivity index is 1.80. The molecule has 140 valence electrons. The lowest BCUT2D eigenvalue weighted by Crippen LogP contribution is -2.25. The van der Waals surface area contributed by atoms with E-state index in [9.17, 15) is 4.79 Å². The van der Waals surface area contributed by atoms with E-state index in [2.05, 4.69) is 10.3 Å². The number of hydrogen-bond donors (Lipinski definition) is 2. The zero-order chi connectivity index (χ0) is 18.4. The van der Waals surface area contributed by atoms with Gasteiger partial charge < -0.3 is 20.4 Å². The fourth-order valence-corrected chi connectivity index (χ4v) is 3.60. The highest BCUT2D eigenvalue weighted by molar-refractivity contribution is 5.95. The van der Waals surface area contributed by atoms with E-state index in [1.165, 1.54) is 19.3 Å². The van der Waals surface area contributed by atoms with Crippen molar-refractivity contribution < 1.29 is 9.53 Å². The molecule has 1 heterocycles. The van der Waals surface area contributed by atoms with E-state index in [4.69, 9.17) is 10.5 Å². The van der Waals surface area contributed by atoms with Crippen molar-refractivity contribution in [3.8, 4) is 5.69 Å². The molecule has 1 amide bonds. The molecular formula is C20H28N4O2. The normalized spacial score (nSPS) is 15.1. The lowest BCUT2D eigenvalue weighted by atomic mass is 9.88. The number of amides is 1. The SMILES string of the molecule is COCCCNC(=O)c1ccc(N)c(-n2ccnc2C2CCCCC2)c1. The predicted octanol–water partition coefficient (Wildman–Crippen LogP) is 3.27. The van der Waals surface area contributed by atoms with Crippen molar-refractivity contribution in [2.45, 2.75) is 44.4 Å². The number of anilines is 1. The highest BCUT2D eigenvalue weighted by Gasteiger charge is 2.21. The van der Waals surface area contributed by atoms with Crippen molar-refractivity contribution >= 4 is 11.6 Å². The molecule has 0 atom stereocenters. The molecule has 0 unspecified atom stereocenters. The van der Waals surface area contributed by atoms with Crippen molar-refractivity contribution in [3.05, 3.63) is 42.0 Å². The van der Waals surface area contributed by atoms with Crippen molar-refractivity contribution in [1.82, 2.24) is 14.9 Å². The lowest BCUT2D eigenvalue weighted by Gasteiger charge is -2.22. The van der Waals surface area contributed by atoms with Gasteiger partial charge in [-0.25, -0.2) is 4.98 Å². The first-order chi connectivity index (χ1) is 12.7. The standard InChI is InChI=1S/C20H28N4O2/c1-26-13-5-10-23-20(25)16-8-9-17(21)18(14-16)24-12-11-22-19(24)15-6-3-2-4-7-15/h8-9,11-12,14-15H,2-7,10,13,21H2,1H3,(H,23,25). The number of nitrogen functional groups attached to an aromatic ring is 1. The third-order valence-electron chi connectivity index (χ3n) is 5.00. The van der Waals surface area contributed by atoms with E-state index in [1.54, 1.807) is 19.2 Å². The third-order valence-corrected chi connectivity index (χ3v) is 5.00. The molecule has 3 rings (SSSR count). The van der Waals surface area contributed by atoms with Gasteiger partial charge in [-0.05, 0) is 37.5 Å². The Morgan fingerprint density at radius 2 is 2.15 bits per heavy atom. The number of nitrogens with one attached hydrogen (secondary N) is 1. The fourth-order valence-electron chi connectivity index (χ4n) is 3.60. The van der Waals surface area contributed by atoms with Gasteiger partial charge in [0.05, 0.1) is 11.4 Å². The van der Waals surface area contributed by atoms with Gasteiger partial charge in [-0.3, -0.25) is 4.79 Å². The van der Waals surface area contributed by atoms with Crippen molar-refractivity contribution in [2.75, 3.05) is 26.0 Å². The lowest BCUT2D eigenvalue weighted by molar-refractivity contribution is 0.0948. The summed E-state index contributed by atoms with van der Waals surface area (Å²) in [5.74, 6) is 1.42. The number of aromatic nitrogens is 2. The number of imidazole rings is 1. The first kappa shape index (κ1) is 18.5. The average molecular weight is 356 g/mol. The molecule has 0 bridgehead atoms. The maximum Gasteiger partial charge on any atom is 0.251 e. The minimum Gasteiger partial charge on any atom is -0.397 e. The Hall–Kier alpha value is -2.34. The maximum absolute atomic E-state index is 12.4. The van der Waals surface area contributed by atoms with Crippen LogP contribution in [0.4, 0.5) is 5.69 Å². The largest absolute Gasteiger partial charge is 0.397 e. The summed E-state index contributed by atoms with van der Waals surface area (Å²) in [6.45, 7) is 1.22. The summed E-state index contributed by atoms with van der Waals surface area (Å²) < 4.78 is 7.05. The van der Waals surface area contributed by atoms with Crippen LogP contribution in [0.15, 0.2) is 30.6 Å². The Kier molecular flexibility index (Phi) is 6.28. The molecule has 0 radical (unpaired) electrons. The molecular weight excluding hydrogens is 328 g/mol. The molecule has 2 aromatic rings. The summed E-state index contributed by atoms with van der Waals surface area (Å²) in [5, 5.41) is 2.92. The molecule has 0 spiro atoms. The number of nitrogens with zero attached hydrogens (tertiary/aromatic N) is 2. The van der Waals surface area contributed by atoms with Crippen LogP contribution >= 0.6 is 0 Å². The van der Waals surface area contributed by atoms with Crippen LogP contribution in [0.3, 0.4) is 0 Å². The summed E-state index contributed by atoms with van der Waals surface area (Å²) in [6, 6.07) is 5.42. The smallest absolute Gasteiger partial charge is 0.251 e. The maximum atomic E-state index is 12.4. The van der Waals surface area contributed by atoms with Gasteiger partial charge in [0.2, 0.25) is 0 Å². The van der Waals surface area contributed by atoms with Crippen LogP contribution in [0.5, 0.6) is 0 Å². The number of hydrogen-bond acceptors (Lipinski definition) is 4. The van der Waals surface area contributed by atoms with Gasteiger partial charge in [0.1, 0.15) is 5.82 Å². The van der Waals surface area contributed by atoms with Crippen LogP contribution < -0.4 is 11.1 Å². The van der Waals surface area contributed by atoms with E-state index in [0.29, 0.717) is 30.3 Å². The number of ether oxygens (including phenoxy) is 1. The summed E-state index contributed by atoms with van der Waals surface area (Å²) >= 11 is 0. The Labute approximate surface area is 154 Å². The molecule has 6 nitrogen and oxygen atoms in total. The number of carbonyl (C=O) groups is 1. The molecule has 1 aromatic heterocycles. The number of rotatable bonds is 7. The fraction of sp³-hybridized carbons (Fsp3) is 0.500. The summed E-state index contributed by atoms with van der Waals surface area (Å²) in [5.41, 5.74) is 8.30. The van der Waals surface area contributed by atoms with Gasteiger partial charge in [-0.15, -0.1) is 0 Å². The molecule has 26 heavy (non-hydrogen) atoms. The Morgan fingerprint density at radius 3 is 2.92 bits per heavy atom. The number of carbonyl (C=O) groups excluding carboxylic acids is 1. The molecule has 3 N–H and O–H groups in total. The van der Waals surface area contributed by atoms with Gasteiger partial charge in [-0.1, -0.05) is 19.3 Å². The molecule has 1 aliphatic rings. The average Bonchev–Trinajstić information content (AvgIpc) is 3.16. The van der Waals surface area contributed by atoms with Gasteiger partial charge in [0.15, 0.2) is 0 Å². The first-order valence-corrected chi connectivity index (χ1v) is 9.41. The highest BCUT2D eigenvalue weighted by atomic mass is 16.5. The molecule has 6 heteroatoms. The van der Waals surface area contributed by atoms with E-state index < -0.39 is 0 Å². The van der Waals surface area contributed by atoms with Crippen LogP contribution in [-0.4, -0.2) is 35.7 Å². The van der Waals surface area contributed by atoms with E-state index in [1.807, 2.05) is 23.0 Å². The van der Waals surface area contributed by atoms with E-state index in [0.717, 1.165) is 30.8 Å². The zero-order valence-electron chi connectivity index (χ0n) is 15.4. The minimum absolute atomic E-state index is 0.0957. The first-order valence-electron chi connectivity index (χ1n) is 9.41. The number of benzene rings is 1. The van der Waals surface area contributed by atoms with Crippen molar-refractivity contribution in [3.63, 3.8) is 0 Å². The molecule has 1 aliphatic carbocycles. The molecule has 1 fully saturated rings. The van der Waals surface area contributed by atoms with Crippen molar-refractivity contribution in [2.24, 2.45) is 0 Å². The molecule has 0 saturated heterocycles. The molecule has 0 aliphatic heterocycles. The van der Waals surface area contributed by atoms with Crippen LogP contribution in [-0.2, 0) is 4.74 Å². The van der Waals surface area contributed by atoms with Gasteiger partial charge in [-0.2, -0.15) is 0 Å². The summed E-state index contributed by atoms with van der Waals surface area (Å²) in [6.07, 6.45) is 10.7. The predicted molar refractivity (Wildman–Crippen MR) is 103 cm³/mol. The van der Waals surface area contributed by atoms with Gasteiger partial charge in [0.25, 0.3) is 5.91 Å². The van der Waals surface area contributed by atoms with Gasteiger partial charge in [0, 0.05) is 44.1 Å². The summed E-state index contributed by atoms with van der Waals surface area (Å²) in [7, 11) is 1.66. The number of nitrogens with two attached hydrogens (primary N) is 1. The second-order valence-electron chi connectivity index (χ2n) is 6.87. The number of methoxy groups -OCH3 is 1. The minimum atomic E-state index is -0.0957. The second kappa shape index (κ2) is 8.85. The summed E-state index contributed by atoms with van der Waals surface area (Å²) in [4.78, 5) is 17.0. The highest BCUT2D eigenvalue weighted by Crippen LogP contribution is 2.33. The Bertz CT molecular complexity index is 735. The van der Waals surface area contributed by atoms with Crippen LogP contribution in [0.25, 0.3) is 5.69 Å². The van der Waals surface area contributed by atoms with Crippen molar-refractivity contribution in [1.29, 1.82) is 0 Å². The van der Waals surface area contributed by atoms with Crippen LogP contribution in [0.2, 0.25) is 0 Å². The topological polar surface area (TPSA) is 82.2 Å². The van der Waals surface area contributed by atoms with E-state index in [-0.39, 0.29) is 5.91 Å².